The van der Waals surface area contributed by atoms with E-state index in [1.54, 1.807) is 0 Å². The van der Waals surface area contributed by atoms with E-state index < -0.39 is 0 Å². The van der Waals surface area contributed by atoms with Gasteiger partial charge in [0, 0.05) is 12.1 Å². The number of likely N-dealkylation sites (tertiary alicyclic amines) is 1. The molecule has 0 aromatic carbocycles. The van der Waals surface area contributed by atoms with Crippen LogP contribution in [0.15, 0.2) is 0 Å². The van der Waals surface area contributed by atoms with E-state index in [1.165, 1.54) is 64.5 Å². The SMILES string of the molecule is CC1CCCC(N2CCC(NCC3CCCC(O)C3)CC2)C1. The van der Waals surface area contributed by atoms with Crippen LogP contribution in [0.5, 0.6) is 0 Å². The monoisotopic (exact) mass is 308 g/mol. The van der Waals surface area contributed by atoms with Crippen LogP contribution in [0.25, 0.3) is 0 Å². The summed E-state index contributed by atoms with van der Waals surface area (Å²) in [5.41, 5.74) is 0. The summed E-state index contributed by atoms with van der Waals surface area (Å²) in [4.78, 5) is 2.78. The topological polar surface area (TPSA) is 35.5 Å². The van der Waals surface area contributed by atoms with Crippen molar-refractivity contribution in [1.29, 1.82) is 0 Å². The summed E-state index contributed by atoms with van der Waals surface area (Å²) in [7, 11) is 0. The molecule has 0 aromatic rings. The molecule has 3 rings (SSSR count). The zero-order chi connectivity index (χ0) is 15.4. The summed E-state index contributed by atoms with van der Waals surface area (Å²) < 4.78 is 0. The van der Waals surface area contributed by atoms with Gasteiger partial charge in [0.15, 0.2) is 0 Å². The van der Waals surface area contributed by atoms with Gasteiger partial charge in [-0.1, -0.05) is 26.2 Å². The lowest BCUT2D eigenvalue weighted by Gasteiger charge is -2.41. The van der Waals surface area contributed by atoms with Crippen molar-refractivity contribution in [2.24, 2.45) is 11.8 Å². The van der Waals surface area contributed by atoms with Gasteiger partial charge in [-0.05, 0) is 76.4 Å². The standard InChI is InChI=1S/C19H36N2O/c1-15-4-2-6-18(12-15)21-10-8-17(9-11-21)20-14-16-5-3-7-19(22)13-16/h15-20,22H,2-14H2,1H3. The van der Waals surface area contributed by atoms with E-state index in [1.807, 2.05) is 0 Å². The molecular weight excluding hydrogens is 272 g/mol. The Kier molecular flexibility index (Phi) is 6.17. The normalized spacial score (nSPS) is 39.0. The number of hydrogen-bond donors (Lipinski definition) is 2. The van der Waals surface area contributed by atoms with Gasteiger partial charge in [0.2, 0.25) is 0 Å². The molecule has 3 aliphatic rings. The number of aliphatic hydroxyl groups is 1. The molecule has 22 heavy (non-hydrogen) atoms. The van der Waals surface area contributed by atoms with Gasteiger partial charge in [-0.3, -0.25) is 0 Å². The molecule has 128 valence electrons. The van der Waals surface area contributed by atoms with Crippen molar-refractivity contribution in [2.45, 2.75) is 89.3 Å². The summed E-state index contributed by atoms with van der Waals surface area (Å²) in [6.45, 7) is 6.14. The van der Waals surface area contributed by atoms with E-state index in [2.05, 4.69) is 17.1 Å². The predicted octanol–water partition coefficient (Wildman–Crippen LogP) is 3.17. The minimum atomic E-state index is -0.0318. The van der Waals surface area contributed by atoms with Crippen LogP contribution >= 0.6 is 0 Å². The maximum atomic E-state index is 9.78. The Labute approximate surface area is 136 Å². The van der Waals surface area contributed by atoms with Gasteiger partial charge in [-0.2, -0.15) is 0 Å². The lowest BCUT2D eigenvalue weighted by atomic mass is 9.85. The molecule has 1 saturated heterocycles. The van der Waals surface area contributed by atoms with Gasteiger partial charge in [0.1, 0.15) is 0 Å². The smallest absolute Gasteiger partial charge is 0.0543 e. The number of aliphatic hydroxyl groups excluding tert-OH is 1. The third kappa shape index (κ3) is 4.69. The minimum absolute atomic E-state index is 0.0318. The highest BCUT2D eigenvalue weighted by atomic mass is 16.3. The maximum Gasteiger partial charge on any atom is 0.0543 e. The molecule has 1 heterocycles. The number of nitrogens with one attached hydrogen (secondary N) is 1. The van der Waals surface area contributed by atoms with Gasteiger partial charge in [-0.25, -0.2) is 0 Å². The second-order valence-electron chi connectivity index (χ2n) is 8.33. The zero-order valence-electron chi connectivity index (χ0n) is 14.5. The van der Waals surface area contributed by atoms with Gasteiger partial charge in [-0.15, -0.1) is 0 Å². The number of piperidine rings is 1. The predicted molar refractivity (Wildman–Crippen MR) is 92.0 cm³/mol. The third-order valence-corrected chi connectivity index (χ3v) is 6.40. The van der Waals surface area contributed by atoms with E-state index in [9.17, 15) is 5.11 Å². The first-order valence-corrected chi connectivity index (χ1v) is 9.86. The average molecular weight is 309 g/mol. The van der Waals surface area contributed by atoms with Crippen LogP contribution in [0.2, 0.25) is 0 Å². The van der Waals surface area contributed by atoms with Crippen LogP contribution < -0.4 is 5.32 Å². The molecular formula is C19H36N2O. The molecule has 1 aliphatic heterocycles. The van der Waals surface area contributed by atoms with Crippen LogP contribution in [-0.4, -0.2) is 47.8 Å². The Balaban J connectivity index is 1.35. The van der Waals surface area contributed by atoms with Crippen molar-refractivity contribution < 1.29 is 5.11 Å². The first-order valence-electron chi connectivity index (χ1n) is 9.86. The number of nitrogens with zero attached hydrogens (tertiary/aromatic N) is 1. The molecule has 0 bridgehead atoms. The fraction of sp³-hybridized carbons (Fsp3) is 1.00. The molecule has 4 atom stereocenters. The first-order chi connectivity index (χ1) is 10.7. The van der Waals surface area contributed by atoms with Crippen molar-refractivity contribution in [3.63, 3.8) is 0 Å². The molecule has 0 amide bonds. The number of hydrogen-bond acceptors (Lipinski definition) is 3. The van der Waals surface area contributed by atoms with Crippen molar-refractivity contribution in [2.75, 3.05) is 19.6 Å². The number of rotatable bonds is 4. The molecule has 0 radical (unpaired) electrons. The Bertz CT molecular complexity index is 327. The minimum Gasteiger partial charge on any atom is -0.393 e. The van der Waals surface area contributed by atoms with Crippen LogP contribution in [-0.2, 0) is 0 Å². The highest BCUT2D eigenvalue weighted by molar-refractivity contribution is 4.85. The maximum absolute atomic E-state index is 9.78. The van der Waals surface area contributed by atoms with E-state index >= 15 is 0 Å². The quantitative estimate of drug-likeness (QED) is 0.837. The average Bonchev–Trinajstić information content (AvgIpc) is 2.54. The summed E-state index contributed by atoms with van der Waals surface area (Å²) in [5.74, 6) is 1.65. The first kappa shape index (κ1) is 16.7. The van der Waals surface area contributed by atoms with Crippen molar-refractivity contribution in [1.82, 2.24) is 10.2 Å². The molecule has 2 saturated carbocycles. The van der Waals surface area contributed by atoms with Crippen molar-refractivity contribution in [3.8, 4) is 0 Å². The zero-order valence-corrected chi connectivity index (χ0v) is 14.5. The Morgan fingerprint density at radius 2 is 1.73 bits per heavy atom. The molecule has 2 N–H and O–H groups in total. The van der Waals surface area contributed by atoms with E-state index in [0.29, 0.717) is 5.92 Å². The van der Waals surface area contributed by atoms with E-state index in [0.717, 1.165) is 37.4 Å². The third-order valence-electron chi connectivity index (χ3n) is 6.40. The highest BCUT2D eigenvalue weighted by Gasteiger charge is 2.28. The van der Waals surface area contributed by atoms with Crippen LogP contribution in [0.3, 0.4) is 0 Å². The van der Waals surface area contributed by atoms with Crippen LogP contribution in [0, 0.1) is 11.8 Å². The fourth-order valence-corrected chi connectivity index (χ4v) is 4.98. The Morgan fingerprint density at radius 1 is 0.955 bits per heavy atom. The van der Waals surface area contributed by atoms with Gasteiger partial charge < -0.3 is 15.3 Å². The van der Waals surface area contributed by atoms with Gasteiger partial charge >= 0.3 is 0 Å². The molecule has 0 aromatic heterocycles. The van der Waals surface area contributed by atoms with Crippen LogP contribution in [0.4, 0.5) is 0 Å². The van der Waals surface area contributed by atoms with Gasteiger partial charge in [0.25, 0.3) is 0 Å². The van der Waals surface area contributed by atoms with Crippen LogP contribution in [0.1, 0.15) is 71.1 Å². The Morgan fingerprint density at radius 3 is 2.45 bits per heavy atom. The van der Waals surface area contributed by atoms with Crippen molar-refractivity contribution in [3.05, 3.63) is 0 Å². The lowest BCUT2D eigenvalue weighted by Crippen LogP contribution is -2.48. The van der Waals surface area contributed by atoms with Crippen molar-refractivity contribution >= 4 is 0 Å². The summed E-state index contributed by atoms with van der Waals surface area (Å²) in [6.07, 6.45) is 12.9. The summed E-state index contributed by atoms with van der Waals surface area (Å²) in [6, 6.07) is 1.59. The molecule has 2 aliphatic carbocycles. The molecule has 0 spiro atoms. The molecule has 4 unspecified atom stereocenters. The lowest BCUT2D eigenvalue weighted by molar-refractivity contribution is 0.0881. The molecule has 3 nitrogen and oxygen atoms in total. The molecule has 3 heteroatoms. The van der Waals surface area contributed by atoms with E-state index in [4.69, 9.17) is 0 Å². The van der Waals surface area contributed by atoms with E-state index in [-0.39, 0.29) is 6.10 Å². The summed E-state index contributed by atoms with van der Waals surface area (Å²) in [5, 5.41) is 13.6. The second-order valence-corrected chi connectivity index (χ2v) is 8.33. The Hall–Kier alpha value is -0.120. The largest absolute Gasteiger partial charge is 0.393 e. The second kappa shape index (κ2) is 8.12. The van der Waals surface area contributed by atoms with Gasteiger partial charge in [0.05, 0.1) is 6.10 Å². The summed E-state index contributed by atoms with van der Waals surface area (Å²) >= 11 is 0. The fourth-order valence-electron chi connectivity index (χ4n) is 4.98. The highest BCUT2D eigenvalue weighted by Crippen LogP contribution is 2.29. The molecule has 3 fully saturated rings.